The number of rotatable bonds is 13. The van der Waals surface area contributed by atoms with Crippen LogP contribution in [-0.2, 0) is 14.3 Å². The summed E-state index contributed by atoms with van der Waals surface area (Å²) in [5.74, 6) is -0.266. The molecule has 126 valence electrons. The lowest BCUT2D eigenvalue weighted by atomic mass is 9.70. The average Bonchev–Trinajstić information content (AvgIpc) is 2.48. The van der Waals surface area contributed by atoms with Gasteiger partial charge in [-0.15, -0.1) is 0 Å². The summed E-state index contributed by atoms with van der Waals surface area (Å²) >= 11 is 0. The highest BCUT2D eigenvalue weighted by Gasteiger charge is 2.38. The van der Waals surface area contributed by atoms with Crippen molar-refractivity contribution in [2.75, 3.05) is 20.8 Å². The number of unbranched alkanes of at least 4 members (excludes halogenated alkanes) is 5. The fraction of sp³-hybridized carbons (Fsp3) is 0.944. The van der Waals surface area contributed by atoms with Crippen LogP contribution in [0.3, 0.4) is 0 Å². The molecule has 0 radical (unpaired) electrons. The fourth-order valence-electron chi connectivity index (χ4n) is 3.07. The number of hydrogen-bond acceptors (Lipinski definition) is 3. The minimum Gasteiger partial charge on any atom is -0.469 e. The van der Waals surface area contributed by atoms with Crippen molar-refractivity contribution >= 4 is 5.97 Å². The van der Waals surface area contributed by atoms with Crippen LogP contribution in [0.2, 0.25) is 0 Å². The van der Waals surface area contributed by atoms with E-state index in [4.69, 9.17) is 9.47 Å². The number of carbonyl (C=O) groups is 1. The molecule has 0 N–H and O–H groups in total. The van der Waals surface area contributed by atoms with Gasteiger partial charge in [0.2, 0.25) is 0 Å². The highest BCUT2D eigenvalue weighted by molar-refractivity contribution is 5.73. The molecule has 0 spiro atoms. The second-order valence-corrected chi connectivity index (χ2v) is 6.45. The third kappa shape index (κ3) is 7.85. The first-order valence-electron chi connectivity index (χ1n) is 8.62. The quantitative estimate of drug-likeness (QED) is 0.355. The van der Waals surface area contributed by atoms with Crippen molar-refractivity contribution < 1.29 is 14.3 Å². The Bertz CT molecular complexity index is 265. The summed E-state index contributed by atoms with van der Waals surface area (Å²) in [5, 5.41) is 0. The van der Waals surface area contributed by atoms with Gasteiger partial charge in [-0.05, 0) is 18.3 Å². The maximum absolute atomic E-state index is 12.2. The molecule has 3 nitrogen and oxygen atoms in total. The van der Waals surface area contributed by atoms with Gasteiger partial charge in [-0.2, -0.15) is 0 Å². The van der Waals surface area contributed by atoms with Gasteiger partial charge in [0.1, 0.15) is 0 Å². The van der Waals surface area contributed by atoms with Gasteiger partial charge in [-0.1, -0.05) is 65.7 Å². The molecule has 0 aromatic rings. The van der Waals surface area contributed by atoms with Crippen molar-refractivity contribution in [3.8, 4) is 0 Å². The summed E-state index contributed by atoms with van der Waals surface area (Å²) in [5.41, 5.74) is -0.00792. The van der Waals surface area contributed by atoms with E-state index in [9.17, 15) is 4.79 Å². The molecule has 0 aliphatic heterocycles. The van der Waals surface area contributed by atoms with Crippen molar-refractivity contribution in [3.05, 3.63) is 0 Å². The van der Waals surface area contributed by atoms with E-state index in [-0.39, 0.29) is 17.3 Å². The van der Waals surface area contributed by atoms with E-state index in [1.165, 1.54) is 52.1 Å². The molecule has 0 amide bonds. The Labute approximate surface area is 131 Å². The Balaban J connectivity index is 4.80. The second-order valence-electron chi connectivity index (χ2n) is 6.45. The molecular weight excluding hydrogens is 264 g/mol. The highest BCUT2D eigenvalue weighted by Crippen LogP contribution is 2.39. The van der Waals surface area contributed by atoms with Crippen LogP contribution in [0.4, 0.5) is 0 Å². The van der Waals surface area contributed by atoms with Gasteiger partial charge in [0.05, 0.1) is 19.6 Å². The van der Waals surface area contributed by atoms with Crippen molar-refractivity contribution in [3.63, 3.8) is 0 Å². The summed E-state index contributed by atoms with van der Waals surface area (Å²) in [6.07, 6.45) is 10.7. The third-order valence-corrected chi connectivity index (χ3v) is 4.61. The van der Waals surface area contributed by atoms with E-state index in [0.717, 1.165) is 12.8 Å². The molecule has 0 heterocycles. The van der Waals surface area contributed by atoms with Crippen LogP contribution in [0.15, 0.2) is 0 Å². The highest BCUT2D eigenvalue weighted by atomic mass is 16.5. The predicted octanol–water partition coefficient (Wildman–Crippen LogP) is 4.98. The normalized spacial score (nSPS) is 15.5. The molecule has 0 aliphatic carbocycles. The molecule has 0 rings (SSSR count). The van der Waals surface area contributed by atoms with E-state index in [0.29, 0.717) is 6.61 Å². The Kier molecular flexibility index (Phi) is 11.7. The SMILES string of the molecule is CCCCCCC(C)(CCCCC)C(COC)C(=O)OC. The van der Waals surface area contributed by atoms with Crippen LogP contribution < -0.4 is 0 Å². The van der Waals surface area contributed by atoms with E-state index >= 15 is 0 Å². The van der Waals surface area contributed by atoms with Crippen LogP contribution >= 0.6 is 0 Å². The Morgan fingerprint density at radius 3 is 1.95 bits per heavy atom. The summed E-state index contributed by atoms with van der Waals surface area (Å²) in [4.78, 5) is 12.2. The number of esters is 1. The predicted molar refractivity (Wildman–Crippen MR) is 88.4 cm³/mol. The molecule has 2 unspecified atom stereocenters. The maximum atomic E-state index is 12.2. The van der Waals surface area contributed by atoms with Crippen LogP contribution in [0.1, 0.15) is 78.6 Å². The van der Waals surface area contributed by atoms with Crippen LogP contribution in [0.5, 0.6) is 0 Å². The van der Waals surface area contributed by atoms with Gasteiger partial charge >= 0.3 is 5.97 Å². The van der Waals surface area contributed by atoms with E-state index < -0.39 is 0 Å². The zero-order valence-electron chi connectivity index (χ0n) is 14.9. The zero-order chi connectivity index (χ0) is 16.1. The number of ether oxygens (including phenoxy) is 2. The average molecular weight is 300 g/mol. The second kappa shape index (κ2) is 12.0. The molecule has 0 aromatic heterocycles. The summed E-state index contributed by atoms with van der Waals surface area (Å²) < 4.78 is 10.3. The Morgan fingerprint density at radius 2 is 1.48 bits per heavy atom. The van der Waals surface area contributed by atoms with E-state index in [1.807, 2.05) is 0 Å². The molecule has 3 heteroatoms. The first-order valence-corrected chi connectivity index (χ1v) is 8.62. The lowest BCUT2D eigenvalue weighted by Crippen LogP contribution is -2.37. The number of hydrogen-bond donors (Lipinski definition) is 0. The van der Waals surface area contributed by atoms with Crippen LogP contribution in [-0.4, -0.2) is 26.8 Å². The molecule has 0 fully saturated rings. The Hall–Kier alpha value is -0.570. The van der Waals surface area contributed by atoms with Gasteiger partial charge in [0, 0.05) is 7.11 Å². The smallest absolute Gasteiger partial charge is 0.311 e. The molecule has 0 aromatic carbocycles. The van der Waals surface area contributed by atoms with E-state index in [1.54, 1.807) is 7.11 Å². The molecule has 0 saturated carbocycles. The molecule has 2 atom stereocenters. The molecule has 0 saturated heterocycles. The first-order chi connectivity index (χ1) is 10.1. The lowest BCUT2D eigenvalue weighted by molar-refractivity contribution is -0.153. The standard InChI is InChI=1S/C18H36O3/c1-6-8-10-12-14-18(3,13-11-9-7-2)16(15-20-4)17(19)21-5/h16H,6-15H2,1-5H3. The van der Waals surface area contributed by atoms with Crippen molar-refractivity contribution in [2.45, 2.75) is 78.6 Å². The van der Waals surface area contributed by atoms with Crippen molar-refractivity contribution in [2.24, 2.45) is 11.3 Å². The lowest BCUT2D eigenvalue weighted by Gasteiger charge is -2.36. The topological polar surface area (TPSA) is 35.5 Å². The largest absolute Gasteiger partial charge is 0.469 e. The first kappa shape index (κ1) is 20.4. The summed E-state index contributed by atoms with van der Waals surface area (Å²) in [6.45, 7) is 7.15. The molecule has 0 aliphatic rings. The molecule has 0 bridgehead atoms. The fourth-order valence-corrected chi connectivity index (χ4v) is 3.07. The third-order valence-electron chi connectivity index (χ3n) is 4.61. The molecular formula is C18H36O3. The monoisotopic (exact) mass is 300 g/mol. The van der Waals surface area contributed by atoms with Crippen LogP contribution in [0, 0.1) is 11.3 Å². The molecule has 21 heavy (non-hydrogen) atoms. The zero-order valence-corrected chi connectivity index (χ0v) is 14.9. The van der Waals surface area contributed by atoms with E-state index in [2.05, 4.69) is 20.8 Å². The van der Waals surface area contributed by atoms with Gasteiger partial charge in [0.15, 0.2) is 0 Å². The summed E-state index contributed by atoms with van der Waals surface area (Å²) in [6, 6.07) is 0. The Morgan fingerprint density at radius 1 is 0.952 bits per heavy atom. The van der Waals surface area contributed by atoms with Crippen molar-refractivity contribution in [1.82, 2.24) is 0 Å². The van der Waals surface area contributed by atoms with Gasteiger partial charge < -0.3 is 9.47 Å². The van der Waals surface area contributed by atoms with Gasteiger partial charge in [-0.25, -0.2) is 0 Å². The van der Waals surface area contributed by atoms with Crippen LogP contribution in [0.25, 0.3) is 0 Å². The minimum atomic E-state index is -0.147. The number of methoxy groups -OCH3 is 2. The maximum Gasteiger partial charge on any atom is 0.311 e. The van der Waals surface area contributed by atoms with Gasteiger partial charge in [0.25, 0.3) is 0 Å². The van der Waals surface area contributed by atoms with Crippen molar-refractivity contribution in [1.29, 1.82) is 0 Å². The number of carbonyl (C=O) groups excluding carboxylic acids is 1. The van der Waals surface area contributed by atoms with Gasteiger partial charge in [-0.3, -0.25) is 4.79 Å². The summed E-state index contributed by atoms with van der Waals surface area (Å²) in [7, 11) is 3.15. The minimum absolute atomic E-state index is 0.00792.